The van der Waals surface area contributed by atoms with Crippen LogP contribution in [0, 0.1) is 5.82 Å². The summed E-state index contributed by atoms with van der Waals surface area (Å²) in [7, 11) is 3.93. The van der Waals surface area contributed by atoms with Gasteiger partial charge in [0.25, 0.3) is 0 Å². The van der Waals surface area contributed by atoms with Crippen molar-refractivity contribution in [3.05, 3.63) is 58.9 Å². The molecule has 0 spiro atoms. The van der Waals surface area contributed by atoms with E-state index in [0.29, 0.717) is 18.4 Å². The lowest BCUT2D eigenvalue weighted by Crippen LogP contribution is -2.34. The highest BCUT2D eigenvalue weighted by atomic mass is 19.1. The number of hydrogen-bond donors (Lipinski definition) is 2. The number of carbonyl (C=O) groups is 1. The SMILES string of the molecule is CN(C)C(Cc1cccc2c1OCO2)Cc1c(F)cccc1CNC(N)=O. The van der Waals surface area contributed by atoms with Crippen LogP contribution in [-0.2, 0) is 19.4 Å². The highest BCUT2D eigenvalue weighted by molar-refractivity contribution is 5.71. The second-order valence-corrected chi connectivity index (χ2v) is 6.77. The van der Waals surface area contributed by atoms with Gasteiger partial charge in [-0.3, -0.25) is 0 Å². The highest BCUT2D eigenvalue weighted by Crippen LogP contribution is 2.36. The Labute approximate surface area is 158 Å². The number of ether oxygens (including phenoxy) is 2. The van der Waals surface area contributed by atoms with Crippen molar-refractivity contribution in [1.82, 2.24) is 10.2 Å². The van der Waals surface area contributed by atoms with Gasteiger partial charge in [0.1, 0.15) is 5.82 Å². The molecular weight excluding hydrogens is 349 g/mol. The Bertz CT molecular complexity index is 826. The molecule has 2 amide bonds. The third-order valence-electron chi connectivity index (χ3n) is 4.77. The zero-order valence-electron chi connectivity index (χ0n) is 15.5. The van der Waals surface area contributed by atoms with Crippen molar-refractivity contribution in [2.24, 2.45) is 5.73 Å². The predicted molar refractivity (Wildman–Crippen MR) is 100 cm³/mol. The molecule has 0 aliphatic carbocycles. The molecule has 0 saturated heterocycles. The second kappa shape index (κ2) is 8.26. The quantitative estimate of drug-likeness (QED) is 0.782. The summed E-state index contributed by atoms with van der Waals surface area (Å²) in [5.74, 6) is 1.21. The van der Waals surface area contributed by atoms with Crippen LogP contribution in [0.3, 0.4) is 0 Å². The summed E-state index contributed by atoms with van der Waals surface area (Å²) in [6.07, 6.45) is 1.16. The molecule has 0 saturated carbocycles. The summed E-state index contributed by atoms with van der Waals surface area (Å²) in [5.41, 5.74) is 7.48. The maximum absolute atomic E-state index is 14.5. The van der Waals surface area contributed by atoms with E-state index in [0.717, 1.165) is 22.6 Å². The molecule has 2 aromatic rings. The molecule has 1 aliphatic heterocycles. The van der Waals surface area contributed by atoms with Crippen LogP contribution in [0.4, 0.5) is 9.18 Å². The number of hydrogen-bond acceptors (Lipinski definition) is 4. The van der Waals surface area contributed by atoms with E-state index in [9.17, 15) is 9.18 Å². The number of carbonyl (C=O) groups excluding carboxylic acids is 1. The van der Waals surface area contributed by atoms with Crippen molar-refractivity contribution in [2.75, 3.05) is 20.9 Å². The van der Waals surface area contributed by atoms with Gasteiger partial charge in [-0.1, -0.05) is 24.3 Å². The average Bonchev–Trinajstić information content (AvgIpc) is 3.10. The van der Waals surface area contributed by atoms with Gasteiger partial charge < -0.3 is 25.4 Å². The Morgan fingerprint density at radius 2 is 1.93 bits per heavy atom. The van der Waals surface area contributed by atoms with Crippen LogP contribution in [0.1, 0.15) is 16.7 Å². The number of halogens is 1. The third-order valence-corrected chi connectivity index (χ3v) is 4.77. The van der Waals surface area contributed by atoms with Crippen molar-refractivity contribution in [2.45, 2.75) is 25.4 Å². The molecule has 1 heterocycles. The number of nitrogens with two attached hydrogens (primary N) is 1. The minimum atomic E-state index is -0.633. The first kappa shape index (κ1) is 19.0. The molecule has 1 unspecified atom stereocenters. The van der Waals surface area contributed by atoms with E-state index < -0.39 is 6.03 Å². The summed E-state index contributed by atoms with van der Waals surface area (Å²) in [6.45, 7) is 0.412. The molecule has 3 rings (SSSR count). The molecule has 7 heteroatoms. The van der Waals surface area contributed by atoms with Crippen LogP contribution in [0.25, 0.3) is 0 Å². The van der Waals surface area contributed by atoms with Gasteiger partial charge in [0.2, 0.25) is 6.79 Å². The van der Waals surface area contributed by atoms with Crippen molar-refractivity contribution in [1.29, 1.82) is 0 Å². The number of urea groups is 1. The van der Waals surface area contributed by atoms with E-state index in [2.05, 4.69) is 10.2 Å². The number of para-hydroxylation sites is 1. The van der Waals surface area contributed by atoms with Gasteiger partial charge in [0, 0.05) is 12.6 Å². The lowest BCUT2D eigenvalue weighted by Gasteiger charge is -2.26. The molecule has 1 aliphatic rings. The second-order valence-electron chi connectivity index (χ2n) is 6.77. The van der Waals surface area contributed by atoms with Crippen LogP contribution in [0.2, 0.25) is 0 Å². The van der Waals surface area contributed by atoms with Crippen molar-refractivity contribution in [3.63, 3.8) is 0 Å². The molecule has 144 valence electrons. The Morgan fingerprint density at radius 3 is 2.67 bits per heavy atom. The van der Waals surface area contributed by atoms with Crippen LogP contribution in [0.15, 0.2) is 36.4 Å². The number of rotatable bonds is 7. The molecule has 1 atom stereocenters. The first-order valence-electron chi connectivity index (χ1n) is 8.79. The highest BCUT2D eigenvalue weighted by Gasteiger charge is 2.23. The molecule has 0 radical (unpaired) electrons. The van der Waals surface area contributed by atoms with Crippen LogP contribution < -0.4 is 20.5 Å². The Kier molecular flexibility index (Phi) is 5.81. The summed E-state index contributed by atoms with van der Waals surface area (Å²) in [4.78, 5) is 13.1. The largest absolute Gasteiger partial charge is 0.454 e. The standard InChI is InChI=1S/C20H24FN3O3/c1-24(2)15(9-13-5-4-8-18-19(13)27-12-26-18)10-16-14(11-23-20(22)25)6-3-7-17(16)21/h3-8,15H,9-12H2,1-2H3,(H3,22,23,25). The number of primary amides is 1. The minimum absolute atomic E-state index is 0.0323. The molecule has 6 nitrogen and oxygen atoms in total. The van der Waals surface area contributed by atoms with Crippen molar-refractivity contribution < 1.29 is 18.7 Å². The van der Waals surface area contributed by atoms with Gasteiger partial charge in [-0.15, -0.1) is 0 Å². The number of amides is 2. The molecule has 3 N–H and O–H groups in total. The normalized spacial score (nSPS) is 13.6. The van der Waals surface area contributed by atoms with Crippen LogP contribution >= 0.6 is 0 Å². The van der Waals surface area contributed by atoms with E-state index in [4.69, 9.17) is 15.2 Å². The smallest absolute Gasteiger partial charge is 0.312 e. The molecule has 0 bridgehead atoms. The van der Waals surface area contributed by atoms with Crippen molar-refractivity contribution >= 4 is 6.03 Å². The molecule has 27 heavy (non-hydrogen) atoms. The van der Waals surface area contributed by atoms with Gasteiger partial charge in [-0.2, -0.15) is 0 Å². The fourth-order valence-electron chi connectivity index (χ4n) is 3.26. The maximum atomic E-state index is 14.5. The zero-order valence-corrected chi connectivity index (χ0v) is 15.5. The fourth-order valence-corrected chi connectivity index (χ4v) is 3.26. The number of likely N-dealkylation sites (N-methyl/N-ethyl adjacent to an activating group) is 1. The predicted octanol–water partition coefficient (Wildman–Crippen LogP) is 2.44. The van der Waals surface area contributed by atoms with Gasteiger partial charge >= 0.3 is 6.03 Å². The summed E-state index contributed by atoms with van der Waals surface area (Å²) in [6, 6.07) is 10.1. The lowest BCUT2D eigenvalue weighted by atomic mass is 9.94. The average molecular weight is 373 g/mol. The first-order valence-corrected chi connectivity index (χ1v) is 8.79. The molecule has 2 aromatic carbocycles. The Hall–Kier alpha value is -2.80. The van der Waals surface area contributed by atoms with Crippen molar-refractivity contribution in [3.8, 4) is 11.5 Å². The molecular formula is C20H24FN3O3. The Morgan fingerprint density at radius 1 is 1.19 bits per heavy atom. The zero-order chi connectivity index (χ0) is 19.4. The third kappa shape index (κ3) is 4.49. The topological polar surface area (TPSA) is 76.8 Å². The number of nitrogens with one attached hydrogen (secondary N) is 1. The van der Waals surface area contributed by atoms with Gasteiger partial charge in [0.05, 0.1) is 0 Å². The van der Waals surface area contributed by atoms with E-state index in [-0.39, 0.29) is 25.2 Å². The molecule has 0 aromatic heterocycles. The van der Waals surface area contributed by atoms with E-state index in [1.807, 2.05) is 32.3 Å². The minimum Gasteiger partial charge on any atom is -0.454 e. The Balaban J connectivity index is 1.83. The van der Waals surface area contributed by atoms with E-state index >= 15 is 0 Å². The van der Waals surface area contributed by atoms with E-state index in [1.165, 1.54) is 6.07 Å². The fraction of sp³-hybridized carbons (Fsp3) is 0.350. The van der Waals surface area contributed by atoms with Crippen LogP contribution in [-0.4, -0.2) is 37.9 Å². The lowest BCUT2D eigenvalue weighted by molar-refractivity contribution is 0.172. The molecule has 0 fully saturated rings. The first-order chi connectivity index (χ1) is 13.0. The summed E-state index contributed by atoms with van der Waals surface area (Å²) in [5, 5.41) is 2.54. The monoisotopic (exact) mass is 373 g/mol. The number of benzene rings is 2. The number of fused-ring (bicyclic) bond motifs is 1. The maximum Gasteiger partial charge on any atom is 0.312 e. The summed E-state index contributed by atoms with van der Waals surface area (Å²) >= 11 is 0. The van der Waals surface area contributed by atoms with Crippen LogP contribution in [0.5, 0.6) is 11.5 Å². The van der Waals surface area contributed by atoms with Gasteiger partial charge in [0.15, 0.2) is 11.5 Å². The summed E-state index contributed by atoms with van der Waals surface area (Å²) < 4.78 is 25.6. The van der Waals surface area contributed by atoms with E-state index in [1.54, 1.807) is 12.1 Å². The van der Waals surface area contributed by atoms with Gasteiger partial charge in [-0.05, 0) is 55.8 Å². The number of nitrogens with zero attached hydrogens (tertiary/aromatic N) is 1. The van der Waals surface area contributed by atoms with Gasteiger partial charge in [-0.25, -0.2) is 9.18 Å².